The number of nitrogens with one attached hydrogen (secondary N) is 1. The molecule has 0 radical (unpaired) electrons. The molecule has 8 nitrogen and oxygen atoms in total. The summed E-state index contributed by atoms with van der Waals surface area (Å²) < 4.78 is 3.64. The highest BCUT2D eigenvalue weighted by atomic mass is 32.1. The summed E-state index contributed by atoms with van der Waals surface area (Å²) in [6.07, 6.45) is 1.33. The number of nitrogens with zero attached hydrogens (tertiary/aromatic N) is 4. The van der Waals surface area contributed by atoms with E-state index in [0.29, 0.717) is 16.1 Å². The zero-order valence-electron chi connectivity index (χ0n) is 10.3. The van der Waals surface area contributed by atoms with Crippen LogP contribution in [0.4, 0.5) is 5.69 Å². The van der Waals surface area contributed by atoms with Crippen molar-refractivity contribution in [2.24, 2.45) is 5.10 Å². The minimum absolute atomic E-state index is 0.0391. The lowest BCUT2D eigenvalue weighted by atomic mass is 10.2. The Bertz CT molecular complexity index is 682. The van der Waals surface area contributed by atoms with Gasteiger partial charge < -0.3 is 0 Å². The van der Waals surface area contributed by atoms with Crippen molar-refractivity contribution in [3.05, 3.63) is 50.5 Å². The number of carbonyl (C=O) groups excluding carboxylic acids is 1. The first-order valence-electron chi connectivity index (χ1n) is 5.45. The van der Waals surface area contributed by atoms with E-state index in [-0.39, 0.29) is 5.69 Å². The van der Waals surface area contributed by atoms with Crippen molar-refractivity contribution in [3.8, 4) is 0 Å². The molecule has 1 N–H and O–H groups in total. The van der Waals surface area contributed by atoms with Gasteiger partial charge in [-0.2, -0.15) is 5.10 Å². The Balaban J connectivity index is 2.04. The van der Waals surface area contributed by atoms with Crippen LogP contribution in [0.5, 0.6) is 0 Å². The summed E-state index contributed by atoms with van der Waals surface area (Å²) in [7, 11) is 0. The van der Waals surface area contributed by atoms with Crippen LogP contribution in [0.1, 0.15) is 20.9 Å². The molecule has 9 heteroatoms. The second-order valence-electron chi connectivity index (χ2n) is 3.74. The summed E-state index contributed by atoms with van der Waals surface area (Å²) in [6.45, 7) is 1.67. The zero-order chi connectivity index (χ0) is 14.5. The van der Waals surface area contributed by atoms with Crippen LogP contribution in [-0.2, 0) is 0 Å². The van der Waals surface area contributed by atoms with E-state index in [1.165, 1.54) is 18.3 Å². The highest BCUT2D eigenvalue weighted by molar-refractivity contribution is 7.07. The average Bonchev–Trinajstić information content (AvgIpc) is 2.85. The van der Waals surface area contributed by atoms with E-state index in [1.54, 1.807) is 19.1 Å². The summed E-state index contributed by atoms with van der Waals surface area (Å²) in [5.74, 6) is -0.417. The molecule has 0 bridgehead atoms. The van der Waals surface area contributed by atoms with Crippen molar-refractivity contribution in [2.45, 2.75) is 6.92 Å². The van der Waals surface area contributed by atoms with Crippen molar-refractivity contribution in [2.75, 3.05) is 0 Å². The third-order valence-corrected chi connectivity index (χ3v) is 3.15. The van der Waals surface area contributed by atoms with E-state index in [4.69, 9.17) is 0 Å². The van der Waals surface area contributed by atoms with Gasteiger partial charge in [-0.25, -0.2) is 5.43 Å². The van der Waals surface area contributed by atoms with E-state index >= 15 is 0 Å². The third-order valence-electron chi connectivity index (χ3n) is 2.32. The number of aromatic nitrogens is 2. The number of hydrogen-bond acceptors (Lipinski definition) is 7. The van der Waals surface area contributed by atoms with Gasteiger partial charge in [0.2, 0.25) is 0 Å². The standard InChI is InChI=1S/C11H9N5O3S/c1-7-10(20-15-13-7)11(17)14-12-6-8-3-2-4-9(5-8)16(18)19/h2-6H,1H3,(H,14,17)/b12-6+. The van der Waals surface area contributed by atoms with Crippen molar-refractivity contribution < 1.29 is 9.72 Å². The number of amides is 1. The normalized spacial score (nSPS) is 10.7. The fourth-order valence-corrected chi connectivity index (χ4v) is 1.92. The summed E-state index contributed by atoms with van der Waals surface area (Å²) >= 11 is 0.974. The van der Waals surface area contributed by atoms with Crippen LogP contribution in [-0.4, -0.2) is 26.6 Å². The smallest absolute Gasteiger partial charge is 0.266 e. The van der Waals surface area contributed by atoms with Gasteiger partial charge in [0.15, 0.2) is 0 Å². The second kappa shape index (κ2) is 5.97. The van der Waals surface area contributed by atoms with E-state index in [2.05, 4.69) is 20.1 Å². The van der Waals surface area contributed by atoms with Gasteiger partial charge in [-0.15, -0.1) is 5.10 Å². The van der Waals surface area contributed by atoms with Crippen molar-refractivity contribution in [1.82, 2.24) is 15.0 Å². The van der Waals surface area contributed by atoms with E-state index in [9.17, 15) is 14.9 Å². The number of non-ortho nitro benzene ring substituents is 1. The van der Waals surface area contributed by atoms with Gasteiger partial charge in [0.1, 0.15) is 4.88 Å². The molecule has 20 heavy (non-hydrogen) atoms. The summed E-state index contributed by atoms with van der Waals surface area (Å²) in [5.41, 5.74) is 3.31. The van der Waals surface area contributed by atoms with Crippen molar-refractivity contribution in [1.29, 1.82) is 0 Å². The number of carbonyl (C=O) groups is 1. The molecule has 0 saturated carbocycles. The molecular weight excluding hydrogens is 282 g/mol. The lowest BCUT2D eigenvalue weighted by Gasteiger charge is -1.96. The first-order chi connectivity index (χ1) is 9.58. The number of rotatable bonds is 4. The Labute approximate surface area is 117 Å². The molecule has 2 rings (SSSR count). The summed E-state index contributed by atoms with van der Waals surface area (Å²) in [4.78, 5) is 22.2. The maximum Gasteiger partial charge on any atom is 0.285 e. The van der Waals surface area contributed by atoms with Gasteiger partial charge in [-0.1, -0.05) is 16.6 Å². The highest BCUT2D eigenvalue weighted by Crippen LogP contribution is 2.11. The van der Waals surface area contributed by atoms with E-state index < -0.39 is 10.8 Å². The third kappa shape index (κ3) is 3.20. The molecule has 0 unspecified atom stereocenters. The van der Waals surface area contributed by atoms with Gasteiger partial charge in [-0.3, -0.25) is 14.9 Å². The highest BCUT2D eigenvalue weighted by Gasteiger charge is 2.11. The molecule has 0 aliphatic rings. The number of aryl methyl sites for hydroxylation is 1. The predicted octanol–water partition coefficient (Wildman–Crippen LogP) is 1.52. The Morgan fingerprint density at radius 2 is 2.35 bits per heavy atom. The Morgan fingerprint density at radius 1 is 1.55 bits per heavy atom. The molecule has 1 heterocycles. The van der Waals surface area contributed by atoms with Crippen LogP contribution in [0.2, 0.25) is 0 Å². The molecule has 0 fully saturated rings. The molecule has 0 spiro atoms. The van der Waals surface area contributed by atoms with Crippen molar-refractivity contribution in [3.63, 3.8) is 0 Å². The Morgan fingerprint density at radius 3 is 3.00 bits per heavy atom. The van der Waals surface area contributed by atoms with Gasteiger partial charge in [0.25, 0.3) is 11.6 Å². The SMILES string of the molecule is Cc1nnsc1C(=O)N/N=C/c1cccc([N+](=O)[O-])c1. The quantitative estimate of drug-likeness (QED) is 0.521. The van der Waals surface area contributed by atoms with E-state index in [1.807, 2.05) is 0 Å². The van der Waals surface area contributed by atoms with Crippen LogP contribution in [0.25, 0.3) is 0 Å². The fraction of sp³-hybridized carbons (Fsp3) is 0.0909. The first-order valence-corrected chi connectivity index (χ1v) is 6.22. The molecule has 0 aliphatic heterocycles. The number of nitro groups is 1. The maximum absolute atomic E-state index is 11.7. The summed E-state index contributed by atoms with van der Waals surface area (Å²) in [6, 6.07) is 5.91. The largest absolute Gasteiger partial charge is 0.285 e. The minimum Gasteiger partial charge on any atom is -0.266 e. The van der Waals surface area contributed by atoms with Crippen LogP contribution < -0.4 is 5.43 Å². The molecule has 0 atom stereocenters. The van der Waals surface area contributed by atoms with Crippen LogP contribution in [0.15, 0.2) is 29.4 Å². The van der Waals surface area contributed by atoms with E-state index in [0.717, 1.165) is 11.5 Å². The first kappa shape index (κ1) is 13.7. The van der Waals surface area contributed by atoms with Gasteiger partial charge in [-0.05, 0) is 18.5 Å². The molecule has 1 aromatic carbocycles. The monoisotopic (exact) mass is 291 g/mol. The van der Waals surface area contributed by atoms with Gasteiger partial charge in [0.05, 0.1) is 16.8 Å². The Kier molecular flexibility index (Phi) is 4.11. The molecule has 1 amide bonds. The molecule has 2 aromatic rings. The Hall–Kier alpha value is -2.68. The number of benzene rings is 1. The molecule has 1 aromatic heterocycles. The molecule has 0 aliphatic carbocycles. The zero-order valence-corrected chi connectivity index (χ0v) is 11.1. The number of hydrazone groups is 1. The lowest BCUT2D eigenvalue weighted by molar-refractivity contribution is -0.384. The topological polar surface area (TPSA) is 110 Å². The number of nitro benzene ring substituents is 1. The molecule has 102 valence electrons. The minimum atomic E-state index is -0.498. The predicted molar refractivity (Wildman–Crippen MR) is 72.8 cm³/mol. The van der Waals surface area contributed by atoms with Gasteiger partial charge in [0, 0.05) is 17.7 Å². The van der Waals surface area contributed by atoms with Crippen LogP contribution in [0.3, 0.4) is 0 Å². The van der Waals surface area contributed by atoms with Crippen LogP contribution >= 0.6 is 11.5 Å². The fourth-order valence-electron chi connectivity index (χ4n) is 1.37. The summed E-state index contributed by atoms with van der Waals surface area (Å²) in [5, 5.41) is 18.1. The molecular formula is C11H9N5O3S. The molecule has 0 saturated heterocycles. The lowest BCUT2D eigenvalue weighted by Crippen LogP contribution is -2.17. The van der Waals surface area contributed by atoms with Crippen LogP contribution in [0, 0.1) is 17.0 Å². The van der Waals surface area contributed by atoms with Gasteiger partial charge >= 0.3 is 0 Å². The maximum atomic E-state index is 11.7. The second-order valence-corrected chi connectivity index (χ2v) is 4.49. The van der Waals surface area contributed by atoms with Crippen molar-refractivity contribution >= 4 is 29.3 Å². The average molecular weight is 291 g/mol. The number of hydrogen-bond donors (Lipinski definition) is 1.